The van der Waals surface area contributed by atoms with Crippen LogP contribution in [-0.4, -0.2) is 78.2 Å². The molecule has 0 bridgehead atoms. The number of fused-ring (bicyclic) bond motifs is 1. The number of aliphatic hydroxyl groups excluding tert-OH is 1. The van der Waals surface area contributed by atoms with E-state index in [9.17, 15) is 14.7 Å². The summed E-state index contributed by atoms with van der Waals surface area (Å²) in [5.41, 5.74) is 0.292. The minimum Gasteiger partial charge on any atom is -0.459 e. The number of aromatic nitrogens is 2. The van der Waals surface area contributed by atoms with Crippen molar-refractivity contribution in [3.8, 4) is 0 Å². The average molecular weight is 484 g/mol. The number of aromatic amines is 1. The zero-order chi connectivity index (χ0) is 24.5. The topological polar surface area (TPSA) is 114 Å². The number of carbonyl (C=O) groups is 1. The number of esters is 1. The van der Waals surface area contributed by atoms with Crippen LogP contribution >= 0.6 is 11.3 Å². The van der Waals surface area contributed by atoms with Gasteiger partial charge in [0.15, 0.2) is 0 Å². The molecule has 2 heterocycles. The SMILES string of the molecule is COCCCN(Cc1nc2sc(C(=O)OC(C)C)c(C)c2c(=O)[nH]1)CC(O)COCC(C)C. The van der Waals surface area contributed by atoms with Gasteiger partial charge in [-0.25, -0.2) is 9.78 Å². The average Bonchev–Trinajstić information content (AvgIpc) is 3.04. The molecule has 0 spiro atoms. The summed E-state index contributed by atoms with van der Waals surface area (Å²) in [4.78, 5) is 35.6. The summed E-state index contributed by atoms with van der Waals surface area (Å²) in [6, 6.07) is 0. The monoisotopic (exact) mass is 483 g/mol. The lowest BCUT2D eigenvalue weighted by Gasteiger charge is -2.24. The number of hydrogen-bond donors (Lipinski definition) is 2. The summed E-state index contributed by atoms with van der Waals surface area (Å²) in [6.45, 7) is 12.2. The Morgan fingerprint density at radius 1 is 1.24 bits per heavy atom. The molecule has 33 heavy (non-hydrogen) atoms. The summed E-state index contributed by atoms with van der Waals surface area (Å²) in [5, 5.41) is 10.8. The van der Waals surface area contributed by atoms with Crippen LogP contribution in [0.15, 0.2) is 4.79 Å². The van der Waals surface area contributed by atoms with Crippen LogP contribution in [0, 0.1) is 12.8 Å². The molecular weight excluding hydrogens is 446 g/mol. The number of nitrogens with one attached hydrogen (secondary N) is 1. The van der Waals surface area contributed by atoms with Gasteiger partial charge in [-0.1, -0.05) is 13.8 Å². The van der Waals surface area contributed by atoms with E-state index in [-0.39, 0.29) is 18.3 Å². The Bertz CT molecular complexity index is 956. The highest BCUT2D eigenvalue weighted by molar-refractivity contribution is 7.20. The summed E-state index contributed by atoms with van der Waals surface area (Å²) < 4.78 is 16.0. The molecule has 0 fully saturated rings. The Morgan fingerprint density at radius 3 is 2.61 bits per heavy atom. The number of carbonyl (C=O) groups excluding carboxylic acids is 1. The maximum atomic E-state index is 12.8. The quantitative estimate of drug-likeness (QED) is 0.311. The van der Waals surface area contributed by atoms with E-state index in [1.165, 1.54) is 0 Å². The molecule has 9 nitrogen and oxygen atoms in total. The molecule has 1 atom stereocenters. The molecule has 2 N–H and O–H groups in total. The number of aryl methyl sites for hydroxylation is 1. The van der Waals surface area contributed by atoms with Gasteiger partial charge >= 0.3 is 5.97 Å². The van der Waals surface area contributed by atoms with Crippen molar-refractivity contribution in [3.05, 3.63) is 26.6 Å². The van der Waals surface area contributed by atoms with E-state index < -0.39 is 12.1 Å². The molecule has 2 aromatic rings. The molecule has 0 amide bonds. The maximum absolute atomic E-state index is 12.8. The van der Waals surface area contributed by atoms with Crippen molar-refractivity contribution in [3.63, 3.8) is 0 Å². The first kappa shape index (κ1) is 27.4. The fourth-order valence-electron chi connectivity index (χ4n) is 3.40. The van der Waals surface area contributed by atoms with Gasteiger partial charge < -0.3 is 24.3 Å². The number of rotatable bonds is 14. The minimum atomic E-state index is -0.664. The van der Waals surface area contributed by atoms with Crippen LogP contribution in [0.25, 0.3) is 10.2 Å². The lowest BCUT2D eigenvalue weighted by Crippen LogP contribution is -2.36. The lowest BCUT2D eigenvalue weighted by molar-refractivity contribution is 0.00544. The molecule has 2 aromatic heterocycles. The van der Waals surface area contributed by atoms with Gasteiger partial charge in [-0.15, -0.1) is 11.3 Å². The third-order valence-electron chi connectivity index (χ3n) is 4.80. The van der Waals surface area contributed by atoms with E-state index in [1.807, 2.05) is 4.90 Å². The van der Waals surface area contributed by atoms with Crippen molar-refractivity contribution in [1.29, 1.82) is 0 Å². The Kier molecular flexibility index (Phi) is 10.9. The first-order chi connectivity index (χ1) is 15.6. The first-order valence-electron chi connectivity index (χ1n) is 11.3. The normalized spacial score (nSPS) is 12.9. The molecule has 2 rings (SSSR count). The van der Waals surface area contributed by atoms with Gasteiger partial charge in [-0.2, -0.15) is 0 Å². The second-order valence-electron chi connectivity index (χ2n) is 8.87. The minimum absolute atomic E-state index is 0.243. The fourth-order valence-corrected chi connectivity index (χ4v) is 4.48. The van der Waals surface area contributed by atoms with Gasteiger partial charge in [0, 0.05) is 33.4 Å². The van der Waals surface area contributed by atoms with Crippen molar-refractivity contribution >= 4 is 27.5 Å². The van der Waals surface area contributed by atoms with Crippen LogP contribution in [-0.2, 0) is 20.8 Å². The number of aliphatic hydroxyl groups is 1. The van der Waals surface area contributed by atoms with E-state index in [4.69, 9.17) is 14.2 Å². The van der Waals surface area contributed by atoms with Gasteiger partial charge in [0.1, 0.15) is 15.5 Å². The zero-order valence-corrected chi connectivity index (χ0v) is 21.3. The van der Waals surface area contributed by atoms with Gasteiger partial charge in [0.25, 0.3) is 5.56 Å². The second kappa shape index (κ2) is 13.1. The van der Waals surface area contributed by atoms with Gasteiger partial charge in [-0.05, 0) is 38.7 Å². The van der Waals surface area contributed by atoms with Crippen LogP contribution in [0.2, 0.25) is 0 Å². The fraction of sp³-hybridized carbons (Fsp3) is 0.696. The number of methoxy groups -OCH3 is 1. The van der Waals surface area contributed by atoms with Crippen molar-refractivity contribution in [1.82, 2.24) is 14.9 Å². The van der Waals surface area contributed by atoms with Gasteiger partial charge in [0.05, 0.1) is 30.7 Å². The summed E-state index contributed by atoms with van der Waals surface area (Å²) in [6.07, 6.45) is -0.144. The predicted octanol–water partition coefficient (Wildman–Crippen LogP) is 2.73. The lowest BCUT2D eigenvalue weighted by atomic mass is 10.2. The Labute approximate surface area is 199 Å². The van der Waals surface area contributed by atoms with E-state index >= 15 is 0 Å². The van der Waals surface area contributed by atoms with Crippen LogP contribution in [0.5, 0.6) is 0 Å². The van der Waals surface area contributed by atoms with E-state index in [1.54, 1.807) is 27.9 Å². The molecule has 186 valence electrons. The maximum Gasteiger partial charge on any atom is 0.348 e. The van der Waals surface area contributed by atoms with Crippen molar-refractivity contribution in [2.45, 2.75) is 59.8 Å². The third-order valence-corrected chi connectivity index (χ3v) is 5.97. The molecule has 0 aliphatic rings. The second-order valence-corrected chi connectivity index (χ2v) is 9.87. The highest BCUT2D eigenvalue weighted by atomic mass is 32.1. The Morgan fingerprint density at radius 2 is 1.97 bits per heavy atom. The summed E-state index contributed by atoms with van der Waals surface area (Å²) in [7, 11) is 1.65. The molecule has 1 unspecified atom stereocenters. The van der Waals surface area contributed by atoms with Gasteiger partial charge in [0.2, 0.25) is 0 Å². The highest BCUT2D eigenvalue weighted by Gasteiger charge is 2.22. The summed E-state index contributed by atoms with van der Waals surface area (Å²) in [5.74, 6) is 0.426. The highest BCUT2D eigenvalue weighted by Crippen LogP contribution is 2.28. The summed E-state index contributed by atoms with van der Waals surface area (Å²) >= 11 is 1.16. The smallest absolute Gasteiger partial charge is 0.348 e. The van der Waals surface area contributed by atoms with E-state index in [0.29, 0.717) is 65.2 Å². The first-order valence-corrected chi connectivity index (χ1v) is 12.1. The zero-order valence-electron chi connectivity index (χ0n) is 20.5. The van der Waals surface area contributed by atoms with E-state index in [2.05, 4.69) is 23.8 Å². The largest absolute Gasteiger partial charge is 0.459 e. The van der Waals surface area contributed by atoms with Crippen LogP contribution in [0.4, 0.5) is 0 Å². The van der Waals surface area contributed by atoms with Crippen LogP contribution in [0.1, 0.15) is 55.2 Å². The van der Waals surface area contributed by atoms with Crippen molar-refractivity contribution < 1.29 is 24.1 Å². The number of thiophene rings is 1. The van der Waals surface area contributed by atoms with Crippen LogP contribution < -0.4 is 5.56 Å². The molecule has 0 saturated heterocycles. The van der Waals surface area contributed by atoms with Crippen LogP contribution in [0.3, 0.4) is 0 Å². The Balaban J connectivity index is 2.20. The van der Waals surface area contributed by atoms with Gasteiger partial charge in [-0.3, -0.25) is 9.69 Å². The van der Waals surface area contributed by atoms with Crippen molar-refractivity contribution in [2.75, 3.05) is 40.0 Å². The molecule has 0 aromatic carbocycles. The molecule has 0 radical (unpaired) electrons. The molecule has 0 aliphatic carbocycles. The number of nitrogens with zero attached hydrogens (tertiary/aromatic N) is 2. The molecule has 0 aliphatic heterocycles. The predicted molar refractivity (Wildman–Crippen MR) is 129 cm³/mol. The standard InChI is InChI=1S/C23H37N3O6S/c1-14(2)12-31-13-17(27)10-26(8-7-9-30-6)11-18-24-21(28)19-16(5)20(33-22(19)25-18)23(29)32-15(3)4/h14-15,17,27H,7-13H2,1-6H3,(H,24,25,28). The number of hydrogen-bond acceptors (Lipinski definition) is 9. The number of H-pyrrole nitrogens is 1. The molecular formula is C23H37N3O6S. The third kappa shape index (κ3) is 8.46. The van der Waals surface area contributed by atoms with Crippen molar-refractivity contribution in [2.24, 2.45) is 5.92 Å². The van der Waals surface area contributed by atoms with E-state index in [0.717, 1.165) is 17.8 Å². The Hall–Kier alpha value is -1.85. The molecule has 0 saturated carbocycles. The number of ether oxygens (including phenoxy) is 3. The molecule has 10 heteroatoms.